The van der Waals surface area contributed by atoms with Crippen LogP contribution < -0.4 is 20.2 Å². The average Bonchev–Trinajstić information content (AvgIpc) is 3.20. The van der Waals surface area contributed by atoms with Gasteiger partial charge in [-0.1, -0.05) is 42.5 Å². The smallest absolute Gasteiger partial charge is 0.244 e. The molecule has 0 fully saturated rings. The number of hydrogen-bond acceptors (Lipinski definition) is 5. The fourth-order valence-electron chi connectivity index (χ4n) is 3.27. The number of hydrazone groups is 1. The molecule has 0 saturated heterocycles. The second kappa shape index (κ2) is 8.65. The van der Waals surface area contributed by atoms with Gasteiger partial charge in [-0.3, -0.25) is 9.59 Å². The Labute approximate surface area is 173 Å². The Hall–Kier alpha value is -3.87. The maximum Gasteiger partial charge on any atom is 0.244 e. The molecule has 1 aliphatic heterocycles. The fourth-order valence-corrected chi connectivity index (χ4v) is 3.27. The van der Waals surface area contributed by atoms with Crippen molar-refractivity contribution >= 4 is 34.0 Å². The summed E-state index contributed by atoms with van der Waals surface area (Å²) in [6.07, 6.45) is 0.268. The van der Waals surface area contributed by atoms with Crippen LogP contribution in [0.3, 0.4) is 0 Å². The van der Waals surface area contributed by atoms with Crippen LogP contribution in [0.25, 0.3) is 10.8 Å². The topological polar surface area (TPSA) is 89.0 Å². The van der Waals surface area contributed by atoms with Crippen LogP contribution in [0.2, 0.25) is 0 Å². The third kappa shape index (κ3) is 4.57. The van der Waals surface area contributed by atoms with Gasteiger partial charge in [0.2, 0.25) is 18.6 Å². The summed E-state index contributed by atoms with van der Waals surface area (Å²) in [5.74, 6) is 0.777. The Bertz CT molecular complexity index is 1140. The minimum absolute atomic E-state index is 0.0585. The molecule has 3 aromatic carbocycles. The largest absolute Gasteiger partial charge is 0.454 e. The Morgan fingerprint density at radius 1 is 0.967 bits per heavy atom. The van der Waals surface area contributed by atoms with Gasteiger partial charge in [0, 0.05) is 17.5 Å². The van der Waals surface area contributed by atoms with Crippen molar-refractivity contribution in [2.24, 2.45) is 5.10 Å². The summed E-state index contributed by atoms with van der Waals surface area (Å²) in [4.78, 5) is 24.5. The lowest BCUT2D eigenvalue weighted by atomic mass is 10.0. The first-order valence-electron chi connectivity index (χ1n) is 9.56. The highest BCUT2D eigenvalue weighted by molar-refractivity contribution is 6.05. The van der Waals surface area contributed by atoms with Crippen LogP contribution in [-0.4, -0.2) is 24.3 Å². The van der Waals surface area contributed by atoms with Crippen LogP contribution in [-0.2, 0) is 16.0 Å². The predicted octanol–water partition coefficient (Wildman–Crippen LogP) is 3.63. The molecule has 0 radical (unpaired) electrons. The zero-order valence-electron chi connectivity index (χ0n) is 16.5. The zero-order valence-corrected chi connectivity index (χ0v) is 16.5. The highest BCUT2D eigenvalue weighted by Crippen LogP contribution is 2.34. The van der Waals surface area contributed by atoms with E-state index in [1.165, 1.54) is 0 Å². The van der Waals surface area contributed by atoms with E-state index < -0.39 is 0 Å². The van der Waals surface area contributed by atoms with E-state index in [9.17, 15) is 9.59 Å². The summed E-state index contributed by atoms with van der Waals surface area (Å²) in [6, 6.07) is 19.0. The molecule has 152 valence electrons. The monoisotopic (exact) mass is 403 g/mol. The van der Waals surface area contributed by atoms with E-state index in [0.717, 1.165) is 16.3 Å². The first kappa shape index (κ1) is 19.4. The highest BCUT2D eigenvalue weighted by Gasteiger charge is 2.14. The molecule has 0 saturated carbocycles. The summed E-state index contributed by atoms with van der Waals surface area (Å²) in [6.45, 7) is 1.87. The molecule has 2 N–H and O–H groups in total. The van der Waals surface area contributed by atoms with E-state index in [2.05, 4.69) is 15.8 Å². The number of amides is 2. The van der Waals surface area contributed by atoms with Crippen molar-refractivity contribution in [2.45, 2.75) is 19.8 Å². The van der Waals surface area contributed by atoms with Crippen LogP contribution in [0.4, 0.5) is 5.69 Å². The van der Waals surface area contributed by atoms with Gasteiger partial charge in [-0.2, -0.15) is 5.10 Å². The molecular weight excluding hydrogens is 382 g/mol. The maximum atomic E-state index is 12.3. The summed E-state index contributed by atoms with van der Waals surface area (Å²) < 4.78 is 10.5. The minimum Gasteiger partial charge on any atom is -0.454 e. The van der Waals surface area contributed by atoms with Crippen molar-refractivity contribution in [3.05, 3.63) is 66.2 Å². The van der Waals surface area contributed by atoms with Crippen molar-refractivity contribution in [3.63, 3.8) is 0 Å². The molecule has 2 amide bonds. The van der Waals surface area contributed by atoms with Crippen LogP contribution in [0.5, 0.6) is 11.5 Å². The van der Waals surface area contributed by atoms with Crippen LogP contribution >= 0.6 is 0 Å². The maximum absolute atomic E-state index is 12.3. The molecule has 0 aliphatic carbocycles. The SMILES string of the molecule is CC(CC(=O)Nc1ccc2c(c1)OCO2)=NNC(=O)Cc1cccc2ccccc12. The van der Waals surface area contributed by atoms with E-state index in [4.69, 9.17) is 9.47 Å². The normalized spacial score (nSPS) is 12.6. The summed E-state index contributed by atoms with van der Waals surface area (Å²) in [5.41, 5.74) is 4.57. The minimum atomic E-state index is -0.238. The fraction of sp³-hybridized carbons (Fsp3) is 0.174. The number of benzene rings is 3. The molecule has 0 unspecified atom stereocenters. The van der Waals surface area contributed by atoms with E-state index in [1.54, 1.807) is 25.1 Å². The van der Waals surface area contributed by atoms with Gasteiger partial charge in [-0.05, 0) is 35.4 Å². The summed E-state index contributed by atoms with van der Waals surface area (Å²) in [7, 11) is 0. The first-order chi connectivity index (χ1) is 14.6. The molecule has 0 aromatic heterocycles. The van der Waals surface area contributed by atoms with E-state index in [1.807, 2.05) is 42.5 Å². The Balaban J connectivity index is 1.31. The van der Waals surface area contributed by atoms with Crippen LogP contribution in [0.1, 0.15) is 18.9 Å². The van der Waals surface area contributed by atoms with Crippen molar-refractivity contribution in [2.75, 3.05) is 12.1 Å². The second-order valence-electron chi connectivity index (χ2n) is 6.99. The number of fused-ring (bicyclic) bond motifs is 2. The molecule has 7 heteroatoms. The van der Waals surface area contributed by atoms with Crippen molar-refractivity contribution < 1.29 is 19.1 Å². The Kier molecular flexibility index (Phi) is 5.61. The molecule has 1 aliphatic rings. The number of anilines is 1. The summed E-state index contributed by atoms with van der Waals surface area (Å²) in [5, 5.41) is 8.96. The van der Waals surface area contributed by atoms with Gasteiger partial charge >= 0.3 is 0 Å². The lowest BCUT2D eigenvalue weighted by Crippen LogP contribution is -2.23. The van der Waals surface area contributed by atoms with Gasteiger partial charge in [0.05, 0.1) is 12.8 Å². The first-order valence-corrected chi connectivity index (χ1v) is 9.56. The molecule has 3 aromatic rings. The number of carbonyl (C=O) groups excluding carboxylic acids is 2. The molecular formula is C23H21N3O4. The lowest BCUT2D eigenvalue weighted by Gasteiger charge is -2.07. The predicted molar refractivity (Wildman–Crippen MR) is 115 cm³/mol. The van der Waals surface area contributed by atoms with Gasteiger partial charge in [0.25, 0.3) is 0 Å². The quantitative estimate of drug-likeness (QED) is 0.486. The Morgan fingerprint density at radius 3 is 2.67 bits per heavy atom. The Morgan fingerprint density at radius 2 is 1.77 bits per heavy atom. The van der Waals surface area contributed by atoms with E-state index in [0.29, 0.717) is 22.9 Å². The van der Waals surface area contributed by atoms with Crippen molar-refractivity contribution in [1.82, 2.24) is 5.43 Å². The molecule has 30 heavy (non-hydrogen) atoms. The third-order valence-corrected chi connectivity index (χ3v) is 4.68. The van der Waals surface area contributed by atoms with E-state index >= 15 is 0 Å². The van der Waals surface area contributed by atoms with Gasteiger partial charge in [-0.15, -0.1) is 0 Å². The van der Waals surface area contributed by atoms with Crippen molar-refractivity contribution in [1.29, 1.82) is 0 Å². The number of ether oxygens (including phenoxy) is 2. The number of hydrogen-bond donors (Lipinski definition) is 2. The average molecular weight is 403 g/mol. The molecule has 0 spiro atoms. The molecule has 0 atom stereocenters. The lowest BCUT2D eigenvalue weighted by molar-refractivity contribution is -0.120. The van der Waals surface area contributed by atoms with Crippen LogP contribution in [0, 0.1) is 0 Å². The van der Waals surface area contributed by atoms with Gasteiger partial charge < -0.3 is 14.8 Å². The number of carbonyl (C=O) groups is 2. The van der Waals surface area contributed by atoms with Crippen LogP contribution in [0.15, 0.2) is 65.8 Å². The molecule has 4 rings (SSSR count). The number of nitrogens with one attached hydrogen (secondary N) is 2. The zero-order chi connectivity index (χ0) is 20.9. The molecule has 7 nitrogen and oxygen atoms in total. The summed E-state index contributed by atoms with van der Waals surface area (Å²) >= 11 is 0. The van der Waals surface area contributed by atoms with Crippen molar-refractivity contribution in [3.8, 4) is 11.5 Å². The number of nitrogens with zero attached hydrogens (tertiary/aromatic N) is 1. The van der Waals surface area contributed by atoms with E-state index in [-0.39, 0.29) is 31.4 Å². The highest BCUT2D eigenvalue weighted by atomic mass is 16.7. The molecule has 0 bridgehead atoms. The third-order valence-electron chi connectivity index (χ3n) is 4.68. The van der Waals surface area contributed by atoms with Gasteiger partial charge in [0.15, 0.2) is 11.5 Å². The number of rotatable bonds is 6. The van der Waals surface area contributed by atoms with Gasteiger partial charge in [0.1, 0.15) is 0 Å². The second-order valence-corrected chi connectivity index (χ2v) is 6.99. The standard InChI is InChI=1S/C23H21N3O4/c1-15(11-22(27)24-18-9-10-20-21(13-18)30-14-29-20)25-26-23(28)12-17-7-4-6-16-5-2-3-8-19(16)17/h2-10,13H,11-12,14H2,1H3,(H,24,27)(H,26,28). The molecule has 1 heterocycles. The van der Waals surface area contributed by atoms with Gasteiger partial charge in [-0.25, -0.2) is 5.43 Å².